The second-order valence-electron chi connectivity index (χ2n) is 5.83. The zero-order chi connectivity index (χ0) is 17.5. The fourth-order valence-corrected chi connectivity index (χ4v) is 2.80. The van der Waals surface area contributed by atoms with Crippen LogP contribution in [0.4, 0.5) is 0 Å². The van der Waals surface area contributed by atoms with Crippen molar-refractivity contribution in [2.75, 3.05) is 40.5 Å². The van der Waals surface area contributed by atoms with Crippen LogP contribution in [0.15, 0.2) is 27.4 Å². The van der Waals surface area contributed by atoms with E-state index >= 15 is 0 Å². The molecule has 0 fully saturated rings. The van der Waals surface area contributed by atoms with E-state index in [2.05, 4.69) is 0 Å². The molecule has 0 amide bonds. The largest absolute Gasteiger partial charge is 0.508 e. The number of benzene rings is 1. The maximum absolute atomic E-state index is 11.9. The Labute approximate surface area is 141 Å². The lowest BCUT2D eigenvalue weighted by Crippen LogP contribution is -3.11. The van der Waals surface area contributed by atoms with Gasteiger partial charge in [0.2, 0.25) is 0 Å². The quantitative estimate of drug-likeness (QED) is 0.661. The van der Waals surface area contributed by atoms with Crippen molar-refractivity contribution < 1.29 is 23.9 Å². The number of quaternary nitrogens is 1. The molecule has 132 valence electrons. The van der Waals surface area contributed by atoms with Crippen LogP contribution in [0.2, 0.25) is 0 Å². The molecule has 0 radical (unpaired) electrons. The summed E-state index contributed by atoms with van der Waals surface area (Å²) < 4.78 is 15.6. The molecule has 2 rings (SSSR count). The Morgan fingerprint density at radius 2 is 1.75 bits per heavy atom. The lowest BCUT2D eigenvalue weighted by molar-refractivity contribution is -0.914. The first kappa shape index (κ1) is 18.4. The number of rotatable bonds is 9. The van der Waals surface area contributed by atoms with Crippen molar-refractivity contribution in [2.24, 2.45) is 0 Å². The van der Waals surface area contributed by atoms with Crippen LogP contribution in [0.1, 0.15) is 18.1 Å². The average Bonchev–Trinajstić information content (AvgIpc) is 2.56. The molecule has 0 atom stereocenters. The van der Waals surface area contributed by atoms with Crippen molar-refractivity contribution in [3.63, 3.8) is 0 Å². The molecular weight excluding hydrogens is 310 g/mol. The predicted octanol–water partition coefficient (Wildman–Crippen LogP) is 0.739. The fraction of sp³-hybridized carbons (Fsp3) is 0.500. The van der Waals surface area contributed by atoms with E-state index in [1.807, 2.05) is 13.0 Å². The molecule has 0 saturated heterocycles. The monoisotopic (exact) mass is 336 g/mol. The number of fused-ring (bicyclic) bond motifs is 1. The first-order valence-electron chi connectivity index (χ1n) is 8.19. The van der Waals surface area contributed by atoms with Gasteiger partial charge in [-0.15, -0.1) is 0 Å². The molecule has 1 aromatic carbocycles. The Morgan fingerprint density at radius 1 is 1.08 bits per heavy atom. The summed E-state index contributed by atoms with van der Waals surface area (Å²) >= 11 is 0. The molecule has 0 bridgehead atoms. The van der Waals surface area contributed by atoms with Crippen molar-refractivity contribution in [2.45, 2.75) is 19.9 Å². The van der Waals surface area contributed by atoms with Gasteiger partial charge in [0, 0.05) is 37.3 Å². The summed E-state index contributed by atoms with van der Waals surface area (Å²) in [5.74, 6) is 0.160. The number of aryl methyl sites for hydroxylation is 1. The standard InChI is InChI=1S/C18H25NO5/c1-4-13-9-15-14(10-18(21)24-17(15)11-16(13)20)12-19(5-7-22-2)6-8-23-3/h9-11,20H,4-8,12H2,1-3H3/p+1. The van der Waals surface area contributed by atoms with Gasteiger partial charge in [-0.25, -0.2) is 4.79 Å². The van der Waals surface area contributed by atoms with E-state index in [0.717, 1.165) is 29.6 Å². The first-order chi connectivity index (χ1) is 11.6. The van der Waals surface area contributed by atoms with Crippen molar-refractivity contribution >= 4 is 11.0 Å². The minimum absolute atomic E-state index is 0.160. The third kappa shape index (κ3) is 4.56. The third-order valence-electron chi connectivity index (χ3n) is 4.17. The van der Waals surface area contributed by atoms with Gasteiger partial charge in [0.15, 0.2) is 0 Å². The third-order valence-corrected chi connectivity index (χ3v) is 4.17. The number of methoxy groups -OCH3 is 2. The molecular formula is C18H26NO5+. The molecule has 0 saturated carbocycles. The summed E-state index contributed by atoms with van der Waals surface area (Å²) in [6.45, 7) is 5.57. The highest BCUT2D eigenvalue weighted by Gasteiger charge is 2.15. The lowest BCUT2D eigenvalue weighted by Gasteiger charge is -2.19. The van der Waals surface area contributed by atoms with E-state index in [1.165, 1.54) is 11.0 Å². The molecule has 6 heteroatoms. The van der Waals surface area contributed by atoms with E-state index < -0.39 is 5.63 Å². The summed E-state index contributed by atoms with van der Waals surface area (Å²) in [5, 5.41) is 10.9. The Balaban J connectivity index is 2.39. The zero-order valence-electron chi connectivity index (χ0n) is 14.6. The van der Waals surface area contributed by atoms with Crippen LogP contribution in [0, 0.1) is 0 Å². The van der Waals surface area contributed by atoms with E-state index in [0.29, 0.717) is 31.8 Å². The van der Waals surface area contributed by atoms with Crippen molar-refractivity contribution in [1.29, 1.82) is 0 Å². The molecule has 24 heavy (non-hydrogen) atoms. The molecule has 6 nitrogen and oxygen atoms in total. The highest BCUT2D eigenvalue weighted by Crippen LogP contribution is 2.26. The SMILES string of the molecule is CCc1cc2c(C[NH+](CCOC)CCOC)cc(=O)oc2cc1O. The predicted molar refractivity (Wildman–Crippen MR) is 91.7 cm³/mol. The van der Waals surface area contributed by atoms with Gasteiger partial charge in [-0.2, -0.15) is 0 Å². The van der Waals surface area contributed by atoms with Crippen molar-refractivity contribution in [3.05, 3.63) is 39.7 Å². The molecule has 2 N–H and O–H groups in total. The summed E-state index contributed by atoms with van der Waals surface area (Å²) in [7, 11) is 3.35. The van der Waals surface area contributed by atoms with Crippen molar-refractivity contribution in [1.82, 2.24) is 0 Å². The normalized spacial score (nSPS) is 11.5. The van der Waals surface area contributed by atoms with Gasteiger partial charge in [-0.3, -0.25) is 0 Å². The van der Waals surface area contributed by atoms with Crippen LogP contribution in [0.25, 0.3) is 11.0 Å². The topological polar surface area (TPSA) is 73.3 Å². The van der Waals surface area contributed by atoms with Crippen LogP contribution >= 0.6 is 0 Å². The Hall–Kier alpha value is -1.89. The molecule has 2 aromatic rings. The Morgan fingerprint density at radius 3 is 2.33 bits per heavy atom. The van der Waals surface area contributed by atoms with Crippen molar-refractivity contribution in [3.8, 4) is 5.75 Å². The number of hydrogen-bond donors (Lipinski definition) is 2. The van der Waals surface area contributed by atoms with E-state index in [9.17, 15) is 9.90 Å². The number of ether oxygens (including phenoxy) is 2. The van der Waals surface area contributed by atoms with Crippen LogP contribution in [-0.2, 0) is 22.4 Å². The first-order valence-corrected chi connectivity index (χ1v) is 8.19. The molecule has 0 aliphatic carbocycles. The second kappa shape index (κ2) is 8.82. The van der Waals surface area contributed by atoms with E-state index in [-0.39, 0.29) is 5.75 Å². The maximum atomic E-state index is 11.9. The minimum Gasteiger partial charge on any atom is -0.508 e. The van der Waals surface area contributed by atoms with Gasteiger partial charge in [0.1, 0.15) is 31.0 Å². The molecule has 0 aliphatic heterocycles. The van der Waals surface area contributed by atoms with Crippen LogP contribution in [0.3, 0.4) is 0 Å². The number of nitrogens with one attached hydrogen (secondary N) is 1. The smallest absolute Gasteiger partial charge is 0.336 e. The highest BCUT2D eigenvalue weighted by molar-refractivity contribution is 5.82. The molecule has 0 spiro atoms. The molecule has 1 aromatic heterocycles. The Bertz CT molecular complexity index is 717. The number of hydrogen-bond acceptors (Lipinski definition) is 5. The van der Waals surface area contributed by atoms with E-state index in [4.69, 9.17) is 13.9 Å². The van der Waals surface area contributed by atoms with Crippen LogP contribution in [-0.4, -0.2) is 45.6 Å². The zero-order valence-corrected chi connectivity index (χ0v) is 14.6. The second-order valence-corrected chi connectivity index (χ2v) is 5.83. The molecule has 1 heterocycles. The van der Waals surface area contributed by atoms with Gasteiger partial charge in [-0.05, 0) is 18.1 Å². The van der Waals surface area contributed by atoms with Gasteiger partial charge in [0.05, 0.1) is 13.2 Å². The average molecular weight is 336 g/mol. The summed E-state index contributed by atoms with van der Waals surface area (Å²) in [5.41, 5.74) is 1.77. The summed E-state index contributed by atoms with van der Waals surface area (Å²) in [6.07, 6.45) is 0.713. The van der Waals surface area contributed by atoms with Crippen LogP contribution in [0.5, 0.6) is 5.75 Å². The number of phenolic OH excluding ortho intramolecular Hbond substituents is 1. The maximum Gasteiger partial charge on any atom is 0.336 e. The van der Waals surface area contributed by atoms with Gasteiger partial charge >= 0.3 is 5.63 Å². The molecule has 0 unspecified atom stereocenters. The fourth-order valence-electron chi connectivity index (χ4n) is 2.80. The lowest BCUT2D eigenvalue weighted by atomic mass is 10.0. The highest BCUT2D eigenvalue weighted by atomic mass is 16.5. The summed E-state index contributed by atoms with van der Waals surface area (Å²) in [6, 6.07) is 4.98. The van der Waals surface area contributed by atoms with E-state index in [1.54, 1.807) is 20.3 Å². The van der Waals surface area contributed by atoms with Gasteiger partial charge in [-0.1, -0.05) is 6.92 Å². The number of aromatic hydroxyl groups is 1. The number of phenols is 1. The molecule has 0 aliphatic rings. The Kier molecular flexibility index (Phi) is 6.78. The van der Waals surface area contributed by atoms with Crippen LogP contribution < -0.4 is 10.5 Å². The summed E-state index contributed by atoms with van der Waals surface area (Å²) in [4.78, 5) is 13.1. The minimum atomic E-state index is -0.404. The van der Waals surface area contributed by atoms with Gasteiger partial charge < -0.3 is 23.9 Å². The van der Waals surface area contributed by atoms with Gasteiger partial charge in [0.25, 0.3) is 0 Å².